The Morgan fingerprint density at radius 2 is 1.75 bits per heavy atom. The Hall–Kier alpha value is -4.17. The molecule has 2 N–H and O–H groups in total. The van der Waals surface area contributed by atoms with Crippen LogP contribution in [0.4, 0.5) is 17.1 Å². The summed E-state index contributed by atoms with van der Waals surface area (Å²) in [6.07, 6.45) is 0.712. The topological polar surface area (TPSA) is 152 Å². The molecule has 48 heavy (non-hydrogen) atoms. The van der Waals surface area contributed by atoms with E-state index in [1.165, 1.54) is 29.2 Å². The van der Waals surface area contributed by atoms with Crippen LogP contribution in [-0.2, 0) is 14.4 Å². The zero-order valence-electron chi connectivity index (χ0n) is 24.6. The van der Waals surface area contributed by atoms with Gasteiger partial charge in [-0.3, -0.25) is 34.2 Å². The molecule has 8 rings (SSSR count). The summed E-state index contributed by atoms with van der Waals surface area (Å²) in [6.45, 7) is -0.261. The second-order valence-corrected chi connectivity index (χ2v) is 15.3. The Morgan fingerprint density at radius 1 is 1.00 bits per heavy atom. The number of aromatic amines is 1. The highest BCUT2D eigenvalue weighted by Gasteiger charge is 2.69. The molecule has 3 amide bonds. The van der Waals surface area contributed by atoms with E-state index in [-0.39, 0.29) is 63.8 Å². The zero-order valence-corrected chi connectivity index (χ0v) is 27.8. The number of ether oxygens (including phenoxy) is 1. The van der Waals surface area contributed by atoms with Gasteiger partial charge in [0.1, 0.15) is 5.75 Å². The maximum Gasteiger partial charge on any atom is 0.305 e. The number of anilines is 2. The van der Waals surface area contributed by atoms with Crippen LogP contribution in [0.5, 0.6) is 5.75 Å². The summed E-state index contributed by atoms with van der Waals surface area (Å²) in [6, 6.07) is 17.7. The Kier molecular flexibility index (Phi) is 7.62. The number of imide groups is 1. The van der Waals surface area contributed by atoms with Gasteiger partial charge in [0.05, 0.1) is 37.5 Å². The smallest absolute Gasteiger partial charge is 0.305 e. The number of amides is 3. The van der Waals surface area contributed by atoms with Crippen LogP contribution < -0.4 is 19.8 Å². The summed E-state index contributed by atoms with van der Waals surface area (Å²) in [7, 11) is 0. The summed E-state index contributed by atoms with van der Waals surface area (Å²) in [4.78, 5) is 68.7. The summed E-state index contributed by atoms with van der Waals surface area (Å²) in [5.74, 6) is -1.99. The number of rotatable bonds is 7. The van der Waals surface area contributed by atoms with Crippen LogP contribution in [0.3, 0.4) is 0 Å². The highest BCUT2D eigenvalue weighted by Crippen LogP contribution is 2.68. The third kappa shape index (κ3) is 5.02. The van der Waals surface area contributed by atoms with Crippen LogP contribution in [0, 0.1) is 39.7 Å². The zero-order chi connectivity index (χ0) is 33.4. The number of aromatic nitrogens is 1. The van der Waals surface area contributed by atoms with Crippen LogP contribution in [0.1, 0.15) is 22.8 Å². The SMILES string of the molecule is O=C(COc1cccc([C@H]2c3sc(=O)[nH]c3SC3C2[C@H]2C[C@@H]3C3C(=O)N(c4ccc([N+](=O)[O-])cc4)C(=O)C32)c1)Nc1ccc(Cl)c(Cl)c1. The van der Waals surface area contributed by atoms with Crippen molar-refractivity contribution in [3.05, 3.63) is 107 Å². The van der Waals surface area contributed by atoms with Gasteiger partial charge in [0.15, 0.2) is 6.61 Å². The van der Waals surface area contributed by atoms with Crippen LogP contribution in [0.25, 0.3) is 0 Å². The second kappa shape index (κ2) is 11.8. The maximum atomic E-state index is 14.0. The summed E-state index contributed by atoms with van der Waals surface area (Å²) >= 11 is 14.8. The van der Waals surface area contributed by atoms with Crippen molar-refractivity contribution in [1.82, 2.24) is 4.98 Å². The molecule has 0 spiro atoms. The molecule has 3 aromatic carbocycles. The third-order valence-electron chi connectivity index (χ3n) is 9.83. The van der Waals surface area contributed by atoms with Crippen molar-refractivity contribution in [2.24, 2.45) is 29.6 Å². The fourth-order valence-corrected chi connectivity index (χ4v) is 11.3. The first-order chi connectivity index (χ1) is 23.1. The first kappa shape index (κ1) is 31.1. The molecule has 4 unspecified atom stereocenters. The molecule has 3 heterocycles. The molecule has 3 fully saturated rings. The number of fused-ring (bicyclic) bond motifs is 9. The number of nitro groups is 1. The Labute approximate surface area is 290 Å². The lowest BCUT2D eigenvalue weighted by atomic mass is 9.68. The first-order valence-corrected chi connectivity index (χ1v) is 17.5. The number of non-ortho nitro benzene ring substituents is 1. The number of nitro benzene ring substituents is 1. The van der Waals surface area contributed by atoms with Gasteiger partial charge in [0.25, 0.3) is 11.6 Å². The van der Waals surface area contributed by atoms with Gasteiger partial charge < -0.3 is 15.0 Å². The van der Waals surface area contributed by atoms with Gasteiger partial charge >= 0.3 is 4.87 Å². The molecule has 2 aliphatic carbocycles. The molecule has 11 nitrogen and oxygen atoms in total. The molecule has 1 saturated heterocycles. The number of nitrogens with zero attached hydrogens (tertiary/aromatic N) is 2. The lowest BCUT2D eigenvalue weighted by molar-refractivity contribution is -0.384. The van der Waals surface area contributed by atoms with Gasteiger partial charge in [-0.1, -0.05) is 46.7 Å². The molecule has 1 aromatic heterocycles. The van der Waals surface area contributed by atoms with Gasteiger partial charge in [-0.15, -0.1) is 11.8 Å². The molecular formula is C33H24Cl2N4O7S2. The Balaban J connectivity index is 1.07. The highest BCUT2D eigenvalue weighted by molar-refractivity contribution is 8.00. The van der Waals surface area contributed by atoms with Crippen molar-refractivity contribution in [3.8, 4) is 5.75 Å². The predicted molar refractivity (Wildman–Crippen MR) is 181 cm³/mol. The molecule has 15 heteroatoms. The fourth-order valence-electron chi connectivity index (χ4n) is 8.09. The number of H-pyrrole nitrogens is 1. The number of halogens is 2. The number of nitrogens with one attached hydrogen (secondary N) is 2. The number of hydrogen-bond acceptors (Lipinski definition) is 9. The number of benzene rings is 3. The summed E-state index contributed by atoms with van der Waals surface area (Å²) in [5, 5.41) is 15.4. The molecule has 244 valence electrons. The first-order valence-electron chi connectivity index (χ1n) is 15.1. The van der Waals surface area contributed by atoms with E-state index in [1.807, 2.05) is 18.2 Å². The third-order valence-corrected chi connectivity index (χ3v) is 13.2. The number of carbonyl (C=O) groups excluding carboxylic acids is 3. The minimum atomic E-state index is -0.524. The van der Waals surface area contributed by atoms with Gasteiger partial charge in [-0.25, -0.2) is 0 Å². The molecule has 2 aliphatic heterocycles. The molecule has 2 bridgehead atoms. The van der Waals surface area contributed by atoms with E-state index < -0.39 is 16.8 Å². The van der Waals surface area contributed by atoms with Crippen molar-refractivity contribution >= 4 is 81.1 Å². The van der Waals surface area contributed by atoms with Gasteiger partial charge in [0.2, 0.25) is 11.8 Å². The van der Waals surface area contributed by atoms with E-state index in [0.29, 0.717) is 33.6 Å². The van der Waals surface area contributed by atoms with E-state index in [2.05, 4.69) is 10.3 Å². The number of thiazole rings is 1. The van der Waals surface area contributed by atoms with E-state index in [1.54, 1.807) is 36.0 Å². The molecule has 4 aliphatic rings. The second-order valence-electron chi connectivity index (χ2n) is 12.3. The molecule has 4 aromatic rings. The molecule has 2 saturated carbocycles. The lowest BCUT2D eigenvalue weighted by Crippen LogP contribution is -2.42. The van der Waals surface area contributed by atoms with E-state index in [4.69, 9.17) is 27.9 Å². The summed E-state index contributed by atoms with van der Waals surface area (Å²) < 4.78 is 5.89. The predicted octanol–water partition coefficient (Wildman–Crippen LogP) is 6.35. The largest absolute Gasteiger partial charge is 0.484 e. The van der Waals surface area contributed by atoms with Crippen molar-refractivity contribution in [2.75, 3.05) is 16.8 Å². The molecule has 7 atom stereocenters. The van der Waals surface area contributed by atoms with Crippen molar-refractivity contribution < 1.29 is 24.0 Å². The van der Waals surface area contributed by atoms with Crippen molar-refractivity contribution in [1.29, 1.82) is 0 Å². The van der Waals surface area contributed by atoms with Gasteiger partial charge in [-0.05, 0) is 72.2 Å². The van der Waals surface area contributed by atoms with Crippen molar-refractivity contribution in [3.63, 3.8) is 0 Å². The highest BCUT2D eigenvalue weighted by atomic mass is 35.5. The van der Waals surface area contributed by atoms with Crippen LogP contribution >= 0.6 is 46.3 Å². The summed E-state index contributed by atoms with van der Waals surface area (Å²) in [5.41, 5.74) is 1.57. The van der Waals surface area contributed by atoms with Crippen LogP contribution in [0.15, 0.2) is 76.6 Å². The van der Waals surface area contributed by atoms with E-state index >= 15 is 0 Å². The maximum absolute atomic E-state index is 14.0. The standard InChI is InChI=1S/C33H24Cl2N4O7S2/c34-21-9-4-15(11-22(21)35)36-23(40)13-46-18-3-1-2-14(10-18)24-25-19-12-20(28(25)47-30-29(24)48-33(43)37-30)27-26(19)31(41)38(32(27)42)16-5-7-17(8-6-16)39(44)45/h1-11,19-20,24-28H,12-13H2,(H,36,40)(H,37,43)/t19-,20-,24-,25?,26?,27?,28?/m1/s1. The average Bonchev–Trinajstić information content (AvgIpc) is 3.80. The lowest BCUT2D eigenvalue weighted by Gasteiger charge is -2.43. The van der Waals surface area contributed by atoms with Gasteiger partial charge in [-0.2, -0.15) is 0 Å². The Morgan fingerprint density at radius 3 is 2.48 bits per heavy atom. The molecular weight excluding hydrogens is 699 g/mol. The number of carbonyl (C=O) groups is 3. The number of hydrogen-bond donors (Lipinski definition) is 2. The van der Waals surface area contributed by atoms with Crippen LogP contribution in [-0.4, -0.2) is 39.5 Å². The van der Waals surface area contributed by atoms with E-state index in [9.17, 15) is 29.3 Å². The fraction of sp³-hybridized carbons (Fsp3) is 0.273. The normalized spacial score (nSPS) is 26.6. The minimum absolute atomic E-state index is 0.0193. The number of thioether (sulfide) groups is 1. The minimum Gasteiger partial charge on any atom is -0.484 e. The Bertz CT molecular complexity index is 2090. The van der Waals surface area contributed by atoms with Crippen LogP contribution in [0.2, 0.25) is 10.0 Å². The average molecular weight is 724 g/mol. The molecule has 0 radical (unpaired) electrons. The monoisotopic (exact) mass is 722 g/mol. The quantitative estimate of drug-likeness (QED) is 0.127. The van der Waals surface area contributed by atoms with Gasteiger partial charge in [0, 0.05) is 33.9 Å². The van der Waals surface area contributed by atoms with E-state index in [0.717, 1.165) is 26.8 Å². The van der Waals surface area contributed by atoms with Crippen molar-refractivity contribution in [2.45, 2.75) is 22.6 Å².